The molecule has 1 atom stereocenters. The monoisotopic (exact) mass is 286 g/mol. The minimum atomic E-state index is -2.85. The summed E-state index contributed by atoms with van der Waals surface area (Å²) >= 11 is 0. The quantitative estimate of drug-likeness (QED) is 0.901. The summed E-state index contributed by atoms with van der Waals surface area (Å²) in [4.78, 5) is 2.26. The van der Waals surface area contributed by atoms with E-state index in [1.165, 1.54) is 13.2 Å². The molecule has 112 valence electrons. The Bertz CT molecular complexity index is 443. The lowest BCUT2D eigenvalue weighted by molar-refractivity contribution is -0.0512. The average molecular weight is 286 g/mol. The van der Waals surface area contributed by atoms with Crippen LogP contribution in [0, 0.1) is 0 Å². The first-order valence-corrected chi connectivity index (χ1v) is 6.68. The highest BCUT2D eigenvalue weighted by Gasteiger charge is 2.17. The maximum Gasteiger partial charge on any atom is 0.387 e. The summed E-state index contributed by atoms with van der Waals surface area (Å²) in [5.41, 5.74) is 6.94. The van der Waals surface area contributed by atoms with Crippen LogP contribution in [0.15, 0.2) is 18.2 Å². The summed E-state index contributed by atoms with van der Waals surface area (Å²) in [5, 5.41) is 0. The second kappa shape index (κ2) is 6.85. The smallest absolute Gasteiger partial charge is 0.387 e. The first-order valence-electron chi connectivity index (χ1n) is 6.68. The SMILES string of the molecule is COc1cc(CN2CCCC(N)C2)ccc1OC(F)F. The van der Waals surface area contributed by atoms with Crippen LogP contribution in [-0.4, -0.2) is 37.8 Å². The Balaban J connectivity index is 2.05. The molecule has 2 rings (SSSR count). The number of hydrogen-bond donors (Lipinski definition) is 1. The maximum atomic E-state index is 12.3. The summed E-state index contributed by atoms with van der Waals surface area (Å²) in [5.74, 6) is 0.380. The number of ether oxygens (including phenoxy) is 2. The number of benzene rings is 1. The summed E-state index contributed by atoms with van der Waals surface area (Å²) in [6.07, 6.45) is 2.14. The number of likely N-dealkylation sites (tertiary alicyclic amines) is 1. The average Bonchev–Trinajstić information content (AvgIpc) is 2.40. The van der Waals surface area contributed by atoms with E-state index in [1.807, 2.05) is 0 Å². The Morgan fingerprint density at radius 1 is 1.40 bits per heavy atom. The molecule has 0 aliphatic carbocycles. The van der Waals surface area contributed by atoms with Crippen molar-refractivity contribution in [1.82, 2.24) is 4.90 Å². The van der Waals surface area contributed by atoms with Gasteiger partial charge in [0.25, 0.3) is 0 Å². The number of rotatable bonds is 5. The molecule has 0 spiro atoms. The number of halogens is 2. The van der Waals surface area contributed by atoms with Crippen LogP contribution in [0.5, 0.6) is 11.5 Å². The molecule has 1 saturated heterocycles. The third kappa shape index (κ3) is 4.05. The van der Waals surface area contributed by atoms with Gasteiger partial charge >= 0.3 is 6.61 Å². The summed E-state index contributed by atoms with van der Waals surface area (Å²) in [6.45, 7) is -0.253. The van der Waals surface area contributed by atoms with Gasteiger partial charge < -0.3 is 15.2 Å². The van der Waals surface area contributed by atoms with Crippen molar-refractivity contribution >= 4 is 0 Å². The summed E-state index contributed by atoms with van der Waals surface area (Å²) < 4.78 is 34.0. The molecule has 1 aliphatic rings. The molecule has 1 fully saturated rings. The van der Waals surface area contributed by atoms with E-state index in [1.54, 1.807) is 12.1 Å². The zero-order chi connectivity index (χ0) is 14.5. The van der Waals surface area contributed by atoms with Crippen molar-refractivity contribution in [3.63, 3.8) is 0 Å². The normalized spacial score (nSPS) is 20.1. The minimum Gasteiger partial charge on any atom is -0.493 e. The zero-order valence-electron chi connectivity index (χ0n) is 11.5. The van der Waals surface area contributed by atoms with Crippen molar-refractivity contribution in [3.8, 4) is 11.5 Å². The molecule has 2 N–H and O–H groups in total. The highest BCUT2D eigenvalue weighted by Crippen LogP contribution is 2.30. The molecule has 1 unspecified atom stereocenters. The molecule has 1 aromatic rings. The Morgan fingerprint density at radius 2 is 2.20 bits per heavy atom. The van der Waals surface area contributed by atoms with Gasteiger partial charge in [-0.15, -0.1) is 0 Å². The van der Waals surface area contributed by atoms with E-state index in [-0.39, 0.29) is 11.8 Å². The van der Waals surface area contributed by atoms with Crippen molar-refractivity contribution in [3.05, 3.63) is 23.8 Å². The Morgan fingerprint density at radius 3 is 2.85 bits per heavy atom. The van der Waals surface area contributed by atoms with E-state index in [4.69, 9.17) is 10.5 Å². The van der Waals surface area contributed by atoms with Crippen molar-refractivity contribution < 1.29 is 18.3 Å². The number of alkyl halides is 2. The number of piperidine rings is 1. The zero-order valence-corrected chi connectivity index (χ0v) is 11.5. The fraction of sp³-hybridized carbons (Fsp3) is 0.571. The molecule has 4 nitrogen and oxygen atoms in total. The van der Waals surface area contributed by atoms with Gasteiger partial charge in [0.1, 0.15) is 0 Å². The summed E-state index contributed by atoms with van der Waals surface area (Å²) in [7, 11) is 1.44. The highest BCUT2D eigenvalue weighted by atomic mass is 19.3. The Hall–Kier alpha value is -1.40. The molecule has 20 heavy (non-hydrogen) atoms. The number of methoxy groups -OCH3 is 1. The largest absolute Gasteiger partial charge is 0.493 e. The number of nitrogens with zero attached hydrogens (tertiary/aromatic N) is 1. The second-order valence-corrected chi connectivity index (χ2v) is 5.00. The first-order chi connectivity index (χ1) is 9.58. The highest BCUT2D eigenvalue weighted by molar-refractivity contribution is 5.43. The molecule has 6 heteroatoms. The molecule has 0 radical (unpaired) electrons. The van der Waals surface area contributed by atoms with Gasteiger partial charge in [-0.1, -0.05) is 6.07 Å². The van der Waals surface area contributed by atoms with E-state index < -0.39 is 6.61 Å². The van der Waals surface area contributed by atoms with Crippen LogP contribution in [0.2, 0.25) is 0 Å². The van der Waals surface area contributed by atoms with Crippen molar-refractivity contribution in [2.45, 2.75) is 32.0 Å². The van der Waals surface area contributed by atoms with Gasteiger partial charge in [-0.3, -0.25) is 4.90 Å². The standard InChI is InChI=1S/C14H20F2N2O2/c1-19-13-7-10(4-5-12(13)20-14(15)16)8-18-6-2-3-11(17)9-18/h4-5,7,11,14H,2-3,6,8-9,17H2,1H3. The van der Waals surface area contributed by atoms with Gasteiger partial charge in [-0.05, 0) is 37.1 Å². The molecule has 1 heterocycles. The fourth-order valence-electron chi connectivity index (χ4n) is 2.50. The van der Waals surface area contributed by atoms with Crippen LogP contribution in [-0.2, 0) is 6.54 Å². The van der Waals surface area contributed by atoms with Gasteiger partial charge in [0.15, 0.2) is 11.5 Å². The van der Waals surface area contributed by atoms with Crippen LogP contribution >= 0.6 is 0 Å². The van der Waals surface area contributed by atoms with Crippen molar-refractivity contribution in [2.24, 2.45) is 5.73 Å². The van der Waals surface area contributed by atoms with E-state index in [0.29, 0.717) is 5.75 Å². The third-order valence-electron chi connectivity index (χ3n) is 3.39. The van der Waals surface area contributed by atoms with Crippen LogP contribution < -0.4 is 15.2 Å². The van der Waals surface area contributed by atoms with E-state index >= 15 is 0 Å². The van der Waals surface area contributed by atoms with Crippen molar-refractivity contribution in [1.29, 1.82) is 0 Å². The number of hydrogen-bond acceptors (Lipinski definition) is 4. The van der Waals surface area contributed by atoms with Crippen LogP contribution in [0.3, 0.4) is 0 Å². The van der Waals surface area contributed by atoms with Crippen LogP contribution in [0.1, 0.15) is 18.4 Å². The van der Waals surface area contributed by atoms with Crippen LogP contribution in [0.4, 0.5) is 8.78 Å². The second-order valence-electron chi connectivity index (χ2n) is 5.00. The predicted molar refractivity (Wildman–Crippen MR) is 72.1 cm³/mol. The Kier molecular flexibility index (Phi) is 5.14. The molecule has 0 saturated carbocycles. The van der Waals surface area contributed by atoms with Gasteiger partial charge in [-0.2, -0.15) is 8.78 Å². The van der Waals surface area contributed by atoms with Gasteiger partial charge in [0, 0.05) is 19.1 Å². The van der Waals surface area contributed by atoms with Crippen LogP contribution in [0.25, 0.3) is 0 Å². The van der Waals surface area contributed by atoms with Gasteiger partial charge in [0.05, 0.1) is 7.11 Å². The molecule has 0 bridgehead atoms. The van der Waals surface area contributed by atoms with Gasteiger partial charge in [-0.25, -0.2) is 0 Å². The number of nitrogens with two attached hydrogens (primary N) is 1. The minimum absolute atomic E-state index is 0.0570. The molecule has 0 amide bonds. The topological polar surface area (TPSA) is 47.7 Å². The fourth-order valence-corrected chi connectivity index (χ4v) is 2.50. The lowest BCUT2D eigenvalue weighted by Gasteiger charge is -2.30. The predicted octanol–water partition coefficient (Wildman–Crippen LogP) is 2.22. The Labute approximate surface area is 117 Å². The lowest BCUT2D eigenvalue weighted by Crippen LogP contribution is -2.42. The van der Waals surface area contributed by atoms with E-state index in [2.05, 4.69) is 9.64 Å². The van der Waals surface area contributed by atoms with E-state index in [0.717, 1.165) is 38.0 Å². The molecular weight excluding hydrogens is 266 g/mol. The molecule has 0 aromatic heterocycles. The van der Waals surface area contributed by atoms with Crippen molar-refractivity contribution in [2.75, 3.05) is 20.2 Å². The third-order valence-corrected chi connectivity index (χ3v) is 3.39. The van der Waals surface area contributed by atoms with E-state index in [9.17, 15) is 8.78 Å². The lowest BCUT2D eigenvalue weighted by atomic mass is 10.1. The molecule has 1 aliphatic heterocycles. The first kappa shape index (κ1) is 15.0. The summed E-state index contributed by atoms with van der Waals surface area (Å²) in [6, 6.07) is 5.25. The molecular formula is C14H20F2N2O2. The van der Waals surface area contributed by atoms with Gasteiger partial charge in [0.2, 0.25) is 0 Å². The maximum absolute atomic E-state index is 12.3. The molecule has 1 aromatic carbocycles.